The molecule has 3 N–H and O–H groups in total. The number of hydrogen-bond donors (Lipinski definition) is 3. The minimum atomic E-state index is -3.44. The van der Waals surface area contributed by atoms with Crippen LogP contribution in [-0.4, -0.2) is 54.4 Å². The van der Waals surface area contributed by atoms with E-state index in [1.807, 2.05) is 31.2 Å². The molecular formula is C27H29FN6O3S2. The number of anilines is 2. The Labute approximate surface area is 230 Å². The molecule has 1 saturated carbocycles. The van der Waals surface area contributed by atoms with Crippen molar-refractivity contribution in [2.75, 3.05) is 28.9 Å². The van der Waals surface area contributed by atoms with E-state index in [4.69, 9.17) is 4.74 Å². The first-order valence-corrected chi connectivity index (χ1v) is 15.4. The maximum Gasteiger partial charge on any atom is 0.240 e. The van der Waals surface area contributed by atoms with Crippen LogP contribution < -0.4 is 20.1 Å². The molecule has 12 heteroatoms. The van der Waals surface area contributed by atoms with Gasteiger partial charge in [-0.05, 0) is 43.9 Å². The van der Waals surface area contributed by atoms with Crippen molar-refractivity contribution in [3.63, 3.8) is 0 Å². The molecule has 39 heavy (non-hydrogen) atoms. The van der Waals surface area contributed by atoms with Gasteiger partial charge in [-0.2, -0.15) is 0 Å². The quantitative estimate of drug-likeness (QED) is 0.255. The number of sulfonamides is 1. The van der Waals surface area contributed by atoms with Gasteiger partial charge in [-0.15, -0.1) is 11.3 Å². The summed E-state index contributed by atoms with van der Waals surface area (Å²) in [7, 11) is -3.44. The van der Waals surface area contributed by atoms with Crippen LogP contribution in [0.2, 0.25) is 0 Å². The monoisotopic (exact) mass is 568 g/mol. The smallest absolute Gasteiger partial charge is 0.240 e. The van der Waals surface area contributed by atoms with Gasteiger partial charge in [-0.1, -0.05) is 24.3 Å². The Morgan fingerprint density at radius 2 is 1.92 bits per heavy atom. The Morgan fingerprint density at radius 3 is 2.72 bits per heavy atom. The summed E-state index contributed by atoms with van der Waals surface area (Å²) >= 11 is 1.45. The maximum absolute atomic E-state index is 13.8. The lowest BCUT2D eigenvalue weighted by molar-refractivity contribution is 0.254. The average Bonchev–Trinajstić information content (AvgIpc) is 3.63. The molecule has 3 heterocycles. The fourth-order valence-electron chi connectivity index (χ4n) is 4.73. The Hall–Kier alpha value is -3.35. The highest BCUT2D eigenvalue weighted by molar-refractivity contribution is 7.92. The molecule has 1 saturated heterocycles. The number of rotatable bonds is 9. The third-order valence-electron chi connectivity index (χ3n) is 6.73. The van der Waals surface area contributed by atoms with Crippen LogP contribution in [0.4, 0.5) is 16.0 Å². The van der Waals surface area contributed by atoms with Crippen LogP contribution in [0.25, 0.3) is 21.3 Å². The first-order valence-electron chi connectivity index (χ1n) is 13.0. The Balaban J connectivity index is 1.28. The van der Waals surface area contributed by atoms with Crippen molar-refractivity contribution in [3.05, 3.63) is 53.7 Å². The fourth-order valence-corrected chi connectivity index (χ4v) is 7.10. The number of piperidine rings is 1. The SMILES string of the molecule is Cc1nc(Oc2ccc(NS(=O)(=O)CC3CC3)c3ccccc23)c(-c2ccnc(N[C@@H]3CNC[C@@H](F)C3)n2)s1. The van der Waals surface area contributed by atoms with Gasteiger partial charge in [-0.25, -0.2) is 27.8 Å². The number of benzene rings is 2. The van der Waals surface area contributed by atoms with Gasteiger partial charge in [0.1, 0.15) is 16.8 Å². The summed E-state index contributed by atoms with van der Waals surface area (Å²) < 4.78 is 48.2. The molecule has 4 aromatic rings. The molecule has 2 atom stereocenters. The molecule has 2 fully saturated rings. The van der Waals surface area contributed by atoms with E-state index in [0.29, 0.717) is 48.5 Å². The van der Waals surface area contributed by atoms with Gasteiger partial charge in [-0.3, -0.25) is 4.72 Å². The van der Waals surface area contributed by atoms with E-state index in [9.17, 15) is 12.8 Å². The molecule has 2 aromatic carbocycles. The Kier molecular flexibility index (Phi) is 7.08. The van der Waals surface area contributed by atoms with Crippen molar-refractivity contribution >= 4 is 43.8 Å². The van der Waals surface area contributed by atoms with Crippen LogP contribution in [0.3, 0.4) is 0 Å². The summed E-state index contributed by atoms with van der Waals surface area (Å²) in [6, 6.07) is 12.7. The van der Waals surface area contributed by atoms with Crippen LogP contribution in [0, 0.1) is 12.8 Å². The number of nitrogens with one attached hydrogen (secondary N) is 3. The van der Waals surface area contributed by atoms with Gasteiger partial charge < -0.3 is 15.4 Å². The molecular weight excluding hydrogens is 539 g/mol. The van der Waals surface area contributed by atoms with Crippen LogP contribution in [0.1, 0.15) is 24.3 Å². The predicted molar refractivity (Wildman–Crippen MR) is 152 cm³/mol. The second-order valence-electron chi connectivity index (χ2n) is 10.1. The van der Waals surface area contributed by atoms with E-state index in [2.05, 4.69) is 30.3 Å². The van der Waals surface area contributed by atoms with Crippen LogP contribution in [0.5, 0.6) is 11.6 Å². The predicted octanol–water partition coefficient (Wildman–Crippen LogP) is 5.12. The third-order valence-corrected chi connectivity index (χ3v) is 9.15. The first-order chi connectivity index (χ1) is 18.8. The summed E-state index contributed by atoms with van der Waals surface area (Å²) in [5.41, 5.74) is 1.16. The molecule has 1 aliphatic heterocycles. The van der Waals surface area contributed by atoms with Crippen molar-refractivity contribution in [1.29, 1.82) is 0 Å². The molecule has 0 amide bonds. The van der Waals surface area contributed by atoms with E-state index in [1.54, 1.807) is 24.4 Å². The lowest BCUT2D eigenvalue weighted by Gasteiger charge is -2.26. The van der Waals surface area contributed by atoms with E-state index in [0.717, 1.165) is 33.5 Å². The summed E-state index contributed by atoms with van der Waals surface area (Å²) in [6.07, 6.45) is 3.07. The first kappa shape index (κ1) is 25.9. The van der Waals surface area contributed by atoms with Crippen LogP contribution in [-0.2, 0) is 10.0 Å². The van der Waals surface area contributed by atoms with E-state index in [-0.39, 0.29) is 17.7 Å². The Bertz CT molecular complexity index is 1610. The van der Waals surface area contributed by atoms with E-state index in [1.165, 1.54) is 11.3 Å². The van der Waals surface area contributed by atoms with Crippen molar-refractivity contribution in [2.45, 2.75) is 38.4 Å². The molecule has 0 unspecified atom stereocenters. The highest BCUT2D eigenvalue weighted by Gasteiger charge is 2.28. The standard InChI is InChI=1S/C27H29FN6O3S2/c1-16-31-26(25(38-16)23-10-11-30-27(33-23)32-19-12-18(28)13-29-14-19)37-24-9-8-22(20-4-2-3-5-21(20)24)34-39(35,36)15-17-6-7-17/h2-5,8-11,17-19,29,34H,6-7,12-15H2,1H3,(H,30,32,33)/t18-,19-/m0/s1. The lowest BCUT2D eigenvalue weighted by atomic mass is 10.1. The van der Waals surface area contributed by atoms with Crippen molar-refractivity contribution in [3.8, 4) is 22.2 Å². The largest absolute Gasteiger partial charge is 0.437 e. The molecule has 0 radical (unpaired) electrons. The second-order valence-corrected chi connectivity index (χ2v) is 13.0. The van der Waals surface area contributed by atoms with Gasteiger partial charge >= 0.3 is 0 Å². The summed E-state index contributed by atoms with van der Waals surface area (Å²) in [6.45, 7) is 2.90. The lowest BCUT2D eigenvalue weighted by Crippen LogP contribution is -2.44. The van der Waals surface area contributed by atoms with E-state index < -0.39 is 16.2 Å². The highest BCUT2D eigenvalue weighted by atomic mass is 32.2. The van der Waals surface area contributed by atoms with Gasteiger partial charge in [0.25, 0.3) is 0 Å². The van der Waals surface area contributed by atoms with Gasteiger partial charge in [0.2, 0.25) is 21.9 Å². The number of aromatic nitrogens is 3. The van der Waals surface area contributed by atoms with Gasteiger partial charge in [0.05, 0.1) is 22.1 Å². The zero-order valence-electron chi connectivity index (χ0n) is 21.4. The van der Waals surface area contributed by atoms with Gasteiger partial charge in [0, 0.05) is 42.5 Å². The normalized spacial score (nSPS) is 19.6. The number of thiazole rings is 1. The minimum Gasteiger partial charge on any atom is -0.437 e. The summed E-state index contributed by atoms with van der Waals surface area (Å²) in [5.74, 6) is 1.76. The summed E-state index contributed by atoms with van der Waals surface area (Å²) in [4.78, 5) is 14.3. The number of aryl methyl sites for hydroxylation is 1. The number of fused-ring (bicyclic) bond motifs is 1. The topological polar surface area (TPSA) is 118 Å². The van der Waals surface area contributed by atoms with Crippen molar-refractivity contribution in [1.82, 2.24) is 20.3 Å². The zero-order chi connectivity index (χ0) is 27.0. The highest BCUT2D eigenvalue weighted by Crippen LogP contribution is 2.41. The van der Waals surface area contributed by atoms with E-state index >= 15 is 0 Å². The summed E-state index contributed by atoms with van der Waals surface area (Å²) in [5, 5.41) is 8.60. The van der Waals surface area contributed by atoms with Crippen molar-refractivity contribution in [2.24, 2.45) is 5.92 Å². The minimum absolute atomic E-state index is 0.102. The molecule has 1 aliphatic carbocycles. The number of nitrogens with zero attached hydrogens (tertiary/aromatic N) is 3. The fraction of sp³-hybridized carbons (Fsp3) is 0.370. The third kappa shape index (κ3) is 6.13. The maximum atomic E-state index is 13.8. The Morgan fingerprint density at radius 1 is 1.10 bits per heavy atom. The number of hydrogen-bond acceptors (Lipinski definition) is 9. The molecule has 9 nitrogen and oxygen atoms in total. The van der Waals surface area contributed by atoms with Crippen LogP contribution in [0.15, 0.2) is 48.7 Å². The number of alkyl halides is 1. The molecule has 2 aromatic heterocycles. The number of ether oxygens (including phenoxy) is 1. The van der Waals surface area contributed by atoms with Gasteiger partial charge in [0.15, 0.2) is 0 Å². The molecule has 204 valence electrons. The van der Waals surface area contributed by atoms with Crippen molar-refractivity contribution < 1.29 is 17.5 Å². The molecule has 0 bridgehead atoms. The average molecular weight is 569 g/mol. The molecule has 2 aliphatic rings. The molecule has 0 spiro atoms. The number of halogens is 1. The zero-order valence-corrected chi connectivity index (χ0v) is 23.0. The van der Waals surface area contributed by atoms with Crippen LogP contribution >= 0.6 is 11.3 Å². The molecule has 6 rings (SSSR count). The second kappa shape index (κ2) is 10.7.